The van der Waals surface area contributed by atoms with Gasteiger partial charge in [-0.2, -0.15) is 0 Å². The van der Waals surface area contributed by atoms with E-state index in [1.165, 1.54) is 24.3 Å². The van der Waals surface area contributed by atoms with E-state index in [2.05, 4.69) is 29.6 Å². The van der Waals surface area contributed by atoms with Crippen LogP contribution in [0.1, 0.15) is 22.6 Å². The number of carbonyl (C=O) groups excluding carboxylic acids is 2. The second kappa shape index (κ2) is 10.0. The van der Waals surface area contributed by atoms with Crippen LogP contribution in [-0.4, -0.2) is 48.2 Å². The van der Waals surface area contributed by atoms with Gasteiger partial charge in [0.1, 0.15) is 13.2 Å². The van der Waals surface area contributed by atoms with Gasteiger partial charge in [0.25, 0.3) is 0 Å². The molecular weight excluding hydrogens is 432 g/mol. The number of carboxylic acid groups (broad SMARTS) is 1. The van der Waals surface area contributed by atoms with Crippen molar-refractivity contribution in [1.82, 2.24) is 4.90 Å². The van der Waals surface area contributed by atoms with Crippen molar-refractivity contribution in [3.63, 3.8) is 0 Å². The highest BCUT2D eigenvalue weighted by Gasteiger charge is 2.28. The van der Waals surface area contributed by atoms with Crippen LogP contribution in [0.5, 0.6) is 0 Å². The van der Waals surface area contributed by atoms with E-state index in [1.54, 1.807) is 30.3 Å². The molecule has 0 aliphatic heterocycles. The fraction of sp³-hybridized carbons (Fsp3) is 0.148. The van der Waals surface area contributed by atoms with Gasteiger partial charge in [-0.05, 0) is 46.0 Å². The number of carbonyl (C=O) groups is 3. The number of ether oxygens (including phenoxy) is 1. The van der Waals surface area contributed by atoms with Crippen molar-refractivity contribution in [3.05, 3.63) is 95.6 Å². The molecule has 0 saturated heterocycles. The Hall–Kier alpha value is -4.39. The highest BCUT2D eigenvalue weighted by atomic mass is 16.5. The first-order valence-electron chi connectivity index (χ1n) is 10.8. The lowest BCUT2D eigenvalue weighted by atomic mass is 9.98. The van der Waals surface area contributed by atoms with Crippen molar-refractivity contribution in [3.8, 4) is 11.1 Å². The number of nitrogens with one attached hydrogen (secondary N) is 1. The standard InChI is InChI=1S/C27H24N2O5/c1-29(16-26(31)32)25(30)15-12-18-10-13-19(14-11-18)28-27(33)34-17-24-22-8-4-2-6-20(22)21-7-3-5-9-23(21)24/h2-15,24H,16-17H2,1H3,(H,28,33)(H,31,32)/b15-12+. The lowest BCUT2D eigenvalue weighted by Gasteiger charge is -2.14. The summed E-state index contributed by atoms with van der Waals surface area (Å²) < 4.78 is 5.55. The molecule has 0 bridgehead atoms. The largest absolute Gasteiger partial charge is 0.480 e. The Morgan fingerprint density at radius 3 is 2.12 bits per heavy atom. The van der Waals surface area contributed by atoms with Crippen LogP contribution in [0.25, 0.3) is 17.2 Å². The van der Waals surface area contributed by atoms with Gasteiger partial charge >= 0.3 is 12.1 Å². The summed E-state index contributed by atoms with van der Waals surface area (Å²) in [7, 11) is 1.42. The van der Waals surface area contributed by atoms with E-state index in [0.717, 1.165) is 21.6 Å². The molecule has 0 spiro atoms. The number of amides is 2. The molecule has 3 aromatic rings. The molecule has 7 heteroatoms. The molecule has 3 aromatic carbocycles. The lowest BCUT2D eigenvalue weighted by Crippen LogP contribution is -2.30. The van der Waals surface area contributed by atoms with Gasteiger partial charge < -0.3 is 14.7 Å². The van der Waals surface area contributed by atoms with Crippen LogP contribution in [0.4, 0.5) is 10.5 Å². The van der Waals surface area contributed by atoms with E-state index in [1.807, 2.05) is 24.3 Å². The van der Waals surface area contributed by atoms with E-state index in [0.29, 0.717) is 5.69 Å². The van der Waals surface area contributed by atoms with Crippen LogP contribution in [0.15, 0.2) is 78.9 Å². The van der Waals surface area contributed by atoms with E-state index in [9.17, 15) is 14.4 Å². The Kier molecular flexibility index (Phi) is 6.73. The van der Waals surface area contributed by atoms with Crippen LogP contribution in [0, 0.1) is 0 Å². The molecule has 0 atom stereocenters. The quantitative estimate of drug-likeness (QED) is 0.507. The minimum absolute atomic E-state index is 0.0116. The average Bonchev–Trinajstić information content (AvgIpc) is 3.15. The first-order chi connectivity index (χ1) is 16.4. The van der Waals surface area contributed by atoms with Crippen molar-refractivity contribution < 1.29 is 24.2 Å². The average molecular weight is 456 g/mol. The van der Waals surface area contributed by atoms with Crippen LogP contribution in [-0.2, 0) is 14.3 Å². The van der Waals surface area contributed by atoms with Gasteiger partial charge in [-0.25, -0.2) is 4.79 Å². The highest BCUT2D eigenvalue weighted by molar-refractivity contribution is 5.93. The lowest BCUT2D eigenvalue weighted by molar-refractivity contribution is -0.141. The van der Waals surface area contributed by atoms with Crippen LogP contribution in [0.2, 0.25) is 0 Å². The molecule has 0 radical (unpaired) electrons. The Labute approximate surface area is 197 Å². The normalized spacial score (nSPS) is 12.1. The summed E-state index contributed by atoms with van der Waals surface area (Å²) in [6.07, 6.45) is 2.34. The Morgan fingerprint density at radius 1 is 0.941 bits per heavy atom. The smallest absolute Gasteiger partial charge is 0.411 e. The Balaban J connectivity index is 1.33. The molecule has 34 heavy (non-hydrogen) atoms. The molecule has 0 heterocycles. The predicted octanol–water partition coefficient (Wildman–Crippen LogP) is 4.60. The number of hydrogen-bond donors (Lipinski definition) is 2. The molecule has 0 unspecified atom stereocenters. The van der Waals surface area contributed by atoms with E-state index >= 15 is 0 Å². The summed E-state index contributed by atoms with van der Waals surface area (Å²) >= 11 is 0. The Bertz CT molecular complexity index is 1200. The first kappa shape index (κ1) is 22.8. The van der Waals surface area contributed by atoms with E-state index in [4.69, 9.17) is 9.84 Å². The molecule has 4 rings (SSSR count). The second-order valence-electron chi connectivity index (χ2n) is 7.99. The highest BCUT2D eigenvalue weighted by Crippen LogP contribution is 2.44. The zero-order chi connectivity index (χ0) is 24.1. The van der Waals surface area contributed by atoms with Crippen LogP contribution >= 0.6 is 0 Å². The van der Waals surface area contributed by atoms with Gasteiger partial charge in [-0.15, -0.1) is 0 Å². The molecule has 1 aliphatic carbocycles. The number of hydrogen-bond acceptors (Lipinski definition) is 4. The van der Waals surface area contributed by atoms with Crippen molar-refractivity contribution in [1.29, 1.82) is 0 Å². The molecule has 0 saturated carbocycles. The van der Waals surface area contributed by atoms with Crippen LogP contribution in [0.3, 0.4) is 0 Å². The number of rotatable bonds is 7. The van der Waals surface area contributed by atoms with E-state index < -0.39 is 18.0 Å². The van der Waals surface area contributed by atoms with Gasteiger partial charge in [0.05, 0.1) is 0 Å². The van der Waals surface area contributed by atoms with Crippen LogP contribution < -0.4 is 5.32 Å². The van der Waals surface area contributed by atoms with Gasteiger partial charge in [-0.3, -0.25) is 14.9 Å². The summed E-state index contributed by atoms with van der Waals surface area (Å²) in [6, 6.07) is 23.2. The number of carboxylic acids is 1. The maximum absolute atomic E-state index is 12.4. The third kappa shape index (κ3) is 5.15. The minimum atomic E-state index is -1.08. The summed E-state index contributed by atoms with van der Waals surface area (Å²) in [4.78, 5) is 36.1. The molecule has 1 aliphatic rings. The number of fused-ring (bicyclic) bond motifs is 3. The van der Waals surface area contributed by atoms with Gasteiger partial charge in [0.2, 0.25) is 5.91 Å². The predicted molar refractivity (Wildman–Crippen MR) is 129 cm³/mol. The third-order valence-corrected chi connectivity index (χ3v) is 5.67. The maximum atomic E-state index is 12.4. The second-order valence-corrected chi connectivity index (χ2v) is 7.99. The van der Waals surface area contributed by atoms with E-state index in [-0.39, 0.29) is 19.1 Å². The van der Waals surface area contributed by atoms with Gasteiger partial charge in [0.15, 0.2) is 0 Å². The number of nitrogens with zero attached hydrogens (tertiary/aromatic N) is 1. The molecule has 7 nitrogen and oxygen atoms in total. The van der Waals surface area contributed by atoms with Crippen molar-refractivity contribution in [2.75, 3.05) is 25.5 Å². The topological polar surface area (TPSA) is 95.9 Å². The van der Waals surface area contributed by atoms with Gasteiger partial charge in [-0.1, -0.05) is 60.7 Å². The number of likely N-dealkylation sites (N-methyl/N-ethyl adjacent to an activating group) is 1. The number of aliphatic carboxylic acids is 1. The van der Waals surface area contributed by atoms with Crippen molar-refractivity contribution in [2.45, 2.75) is 5.92 Å². The number of benzene rings is 3. The minimum Gasteiger partial charge on any atom is -0.480 e. The zero-order valence-corrected chi connectivity index (χ0v) is 18.6. The zero-order valence-electron chi connectivity index (χ0n) is 18.6. The Morgan fingerprint density at radius 2 is 1.53 bits per heavy atom. The molecule has 172 valence electrons. The molecular formula is C27H24N2O5. The van der Waals surface area contributed by atoms with Crippen molar-refractivity contribution in [2.24, 2.45) is 0 Å². The fourth-order valence-electron chi connectivity index (χ4n) is 4.01. The van der Waals surface area contributed by atoms with Crippen molar-refractivity contribution >= 4 is 29.7 Å². The number of anilines is 1. The molecule has 0 aromatic heterocycles. The summed E-state index contributed by atoms with van der Waals surface area (Å²) in [5.74, 6) is -1.50. The molecule has 2 N–H and O–H groups in total. The molecule has 2 amide bonds. The fourth-order valence-corrected chi connectivity index (χ4v) is 4.01. The SMILES string of the molecule is CN(CC(=O)O)C(=O)/C=C/c1ccc(NC(=O)OCC2c3ccccc3-c3ccccc32)cc1. The summed E-state index contributed by atoms with van der Waals surface area (Å²) in [5.41, 5.74) is 5.93. The monoisotopic (exact) mass is 456 g/mol. The first-order valence-corrected chi connectivity index (χ1v) is 10.8. The summed E-state index contributed by atoms with van der Waals surface area (Å²) in [6.45, 7) is -0.140. The maximum Gasteiger partial charge on any atom is 0.411 e. The molecule has 0 fully saturated rings. The van der Waals surface area contributed by atoms with Gasteiger partial charge in [0, 0.05) is 24.7 Å². The summed E-state index contributed by atoms with van der Waals surface area (Å²) in [5, 5.41) is 11.5. The third-order valence-electron chi connectivity index (χ3n) is 5.67.